The number of aromatic nitrogens is 4. The van der Waals surface area contributed by atoms with Crippen molar-refractivity contribution in [2.24, 2.45) is 0 Å². The van der Waals surface area contributed by atoms with Crippen LogP contribution >= 0.6 is 11.3 Å². The van der Waals surface area contributed by atoms with Crippen LogP contribution in [0.25, 0.3) is 32.0 Å². The summed E-state index contributed by atoms with van der Waals surface area (Å²) >= 11 is 1.50. The van der Waals surface area contributed by atoms with Gasteiger partial charge in [0.1, 0.15) is 11.6 Å². The number of ether oxygens (including phenoxy) is 1. The van der Waals surface area contributed by atoms with Crippen molar-refractivity contribution >= 4 is 33.1 Å². The number of hydrogen-bond donors (Lipinski definition) is 1. The third-order valence-electron chi connectivity index (χ3n) is 9.75. The van der Waals surface area contributed by atoms with E-state index in [0.29, 0.717) is 59.2 Å². The summed E-state index contributed by atoms with van der Waals surface area (Å²) in [6, 6.07) is 13.0. The number of halogens is 4. The molecule has 266 valence electrons. The number of amides is 1. The van der Waals surface area contributed by atoms with E-state index in [2.05, 4.69) is 15.2 Å². The molecule has 14 heteroatoms. The van der Waals surface area contributed by atoms with Crippen LogP contribution in [-0.2, 0) is 25.7 Å². The molecule has 2 aliphatic heterocycles. The standard InChI is InChI=1S/C28H23FN6O2S.C10H9F3O/c1-14-33-34-27(37-14)21-18(9-6-15-4-7-17(29)8-5-15)32-24-19-3-2-12-35(19)28(36)23(24)22(21)20-13-16-10-11-31-26(30)25(16)38-20;1-14-9-7-5-10(12,13)4-6(7)2-3-8(9)11/h4-5,7-8,10-11,13,19H,2-3,6,9,12H2,1H3,(H2,30,31);2-3H,4-5H2,1H3. The number of rotatable bonds is 6. The number of thiophene rings is 1. The van der Waals surface area contributed by atoms with Crippen LogP contribution in [0.2, 0.25) is 0 Å². The highest BCUT2D eigenvalue weighted by molar-refractivity contribution is 7.22. The molecular weight excluding hydrogens is 697 g/mol. The molecule has 1 saturated heterocycles. The molecule has 1 fully saturated rings. The molecule has 1 aliphatic carbocycles. The number of nitrogen functional groups attached to an aromatic ring is 1. The maximum atomic E-state index is 13.8. The highest BCUT2D eigenvalue weighted by Crippen LogP contribution is 2.50. The van der Waals surface area contributed by atoms with Gasteiger partial charge in [-0.1, -0.05) is 18.2 Å². The lowest BCUT2D eigenvalue weighted by Gasteiger charge is -2.16. The quantitative estimate of drug-likeness (QED) is 0.171. The highest BCUT2D eigenvalue weighted by Gasteiger charge is 2.45. The van der Waals surface area contributed by atoms with Gasteiger partial charge in [0.05, 0.1) is 40.4 Å². The van der Waals surface area contributed by atoms with Crippen molar-refractivity contribution in [1.29, 1.82) is 0 Å². The summed E-state index contributed by atoms with van der Waals surface area (Å²) in [5.41, 5.74) is 11.6. The molecule has 6 aromatic rings. The van der Waals surface area contributed by atoms with Crippen molar-refractivity contribution in [2.75, 3.05) is 19.4 Å². The molecule has 1 atom stereocenters. The molecule has 0 radical (unpaired) electrons. The van der Waals surface area contributed by atoms with E-state index in [-0.39, 0.29) is 29.9 Å². The summed E-state index contributed by atoms with van der Waals surface area (Å²) in [5.74, 6) is -2.48. The Morgan fingerprint density at radius 3 is 2.58 bits per heavy atom. The smallest absolute Gasteiger partial charge is 0.257 e. The van der Waals surface area contributed by atoms with Crippen molar-refractivity contribution < 1.29 is 31.5 Å². The zero-order chi connectivity index (χ0) is 36.3. The van der Waals surface area contributed by atoms with Gasteiger partial charge in [0.15, 0.2) is 11.6 Å². The van der Waals surface area contributed by atoms with Gasteiger partial charge in [-0.3, -0.25) is 9.78 Å². The van der Waals surface area contributed by atoms with Crippen molar-refractivity contribution in [3.63, 3.8) is 0 Å². The molecule has 2 aromatic carbocycles. The fourth-order valence-electron chi connectivity index (χ4n) is 7.45. The van der Waals surface area contributed by atoms with Gasteiger partial charge in [-0.05, 0) is 72.5 Å². The number of carbonyl (C=O) groups excluding carboxylic acids is 1. The van der Waals surface area contributed by atoms with Gasteiger partial charge in [0, 0.05) is 48.5 Å². The Hall–Kier alpha value is -5.37. The van der Waals surface area contributed by atoms with E-state index in [1.807, 2.05) is 17.0 Å². The van der Waals surface area contributed by atoms with Crippen LogP contribution in [0.1, 0.15) is 63.2 Å². The number of carbonyl (C=O) groups is 1. The van der Waals surface area contributed by atoms with E-state index in [1.54, 1.807) is 25.3 Å². The van der Waals surface area contributed by atoms with Gasteiger partial charge in [-0.25, -0.2) is 22.5 Å². The van der Waals surface area contributed by atoms with E-state index < -0.39 is 18.2 Å². The van der Waals surface area contributed by atoms with E-state index in [1.165, 1.54) is 42.7 Å². The number of methoxy groups -OCH3 is 1. The fraction of sp³-hybridized carbons (Fsp3) is 0.289. The normalized spacial score (nSPS) is 16.8. The Labute approximate surface area is 299 Å². The number of benzene rings is 2. The number of pyridine rings is 2. The topological polar surface area (TPSA) is 120 Å². The molecule has 6 heterocycles. The van der Waals surface area contributed by atoms with Gasteiger partial charge >= 0.3 is 0 Å². The second-order valence-electron chi connectivity index (χ2n) is 13.1. The fourth-order valence-corrected chi connectivity index (χ4v) is 8.56. The zero-order valence-corrected chi connectivity index (χ0v) is 29.0. The highest BCUT2D eigenvalue weighted by atomic mass is 32.1. The summed E-state index contributed by atoms with van der Waals surface area (Å²) < 4.78 is 64.2. The van der Waals surface area contributed by atoms with Crippen LogP contribution in [0.5, 0.6) is 5.75 Å². The molecule has 0 spiro atoms. The molecular formula is C38H32F4N6O3S. The number of aryl methyl sites for hydroxylation is 3. The number of hydrogen-bond acceptors (Lipinski definition) is 9. The molecule has 9 rings (SSSR count). The first-order valence-electron chi connectivity index (χ1n) is 16.8. The Kier molecular flexibility index (Phi) is 8.44. The monoisotopic (exact) mass is 728 g/mol. The number of anilines is 1. The Morgan fingerprint density at radius 1 is 1.04 bits per heavy atom. The SMILES string of the molecule is COc1c(F)ccc2c1CC(F)(F)C2.Cc1nnc(-c2c(CCc3ccc(F)cc3)nc3c(c2-c2cc4ccnc(N)c4s2)C(=O)N2CCCC32)o1. The second-order valence-corrected chi connectivity index (χ2v) is 14.2. The summed E-state index contributed by atoms with van der Waals surface area (Å²) in [6.45, 7) is 2.45. The first-order valence-corrected chi connectivity index (χ1v) is 17.6. The average Bonchev–Trinajstić information content (AvgIpc) is 3.95. The molecule has 1 unspecified atom stereocenters. The minimum absolute atomic E-state index is 0.0175. The summed E-state index contributed by atoms with van der Waals surface area (Å²) in [5, 5.41) is 9.40. The lowest BCUT2D eigenvalue weighted by Crippen LogP contribution is -2.22. The second kappa shape index (κ2) is 13.0. The van der Waals surface area contributed by atoms with Crippen LogP contribution in [0, 0.1) is 18.6 Å². The summed E-state index contributed by atoms with van der Waals surface area (Å²) in [6.07, 6.45) is 3.96. The summed E-state index contributed by atoms with van der Waals surface area (Å²) in [4.78, 5) is 26.0. The lowest BCUT2D eigenvalue weighted by molar-refractivity contribution is 0.0127. The average molecular weight is 729 g/mol. The molecule has 4 aromatic heterocycles. The first-order chi connectivity index (χ1) is 25.0. The van der Waals surface area contributed by atoms with Crippen LogP contribution in [0.4, 0.5) is 23.4 Å². The van der Waals surface area contributed by atoms with Gasteiger partial charge in [0.2, 0.25) is 11.8 Å². The van der Waals surface area contributed by atoms with Crippen molar-refractivity contribution in [1.82, 2.24) is 25.1 Å². The zero-order valence-electron chi connectivity index (χ0n) is 28.2. The van der Waals surface area contributed by atoms with Crippen LogP contribution in [0.3, 0.4) is 0 Å². The van der Waals surface area contributed by atoms with Crippen molar-refractivity contribution in [3.8, 4) is 27.6 Å². The molecule has 0 saturated carbocycles. The van der Waals surface area contributed by atoms with E-state index >= 15 is 0 Å². The van der Waals surface area contributed by atoms with Crippen molar-refractivity contribution in [2.45, 2.75) is 57.4 Å². The van der Waals surface area contributed by atoms with E-state index in [4.69, 9.17) is 19.9 Å². The lowest BCUT2D eigenvalue weighted by atomic mass is 9.93. The predicted octanol–water partition coefficient (Wildman–Crippen LogP) is 8.08. The minimum atomic E-state index is -2.76. The Balaban J connectivity index is 0.000000232. The largest absolute Gasteiger partial charge is 0.493 e. The third-order valence-corrected chi connectivity index (χ3v) is 10.9. The molecule has 0 bridgehead atoms. The van der Waals surface area contributed by atoms with E-state index in [0.717, 1.165) is 50.3 Å². The van der Waals surface area contributed by atoms with Crippen LogP contribution in [-0.4, -0.2) is 50.5 Å². The minimum Gasteiger partial charge on any atom is -0.493 e. The van der Waals surface area contributed by atoms with Crippen LogP contribution < -0.4 is 10.5 Å². The maximum Gasteiger partial charge on any atom is 0.257 e. The number of alkyl halides is 2. The number of fused-ring (bicyclic) bond motifs is 5. The Morgan fingerprint density at radius 2 is 1.85 bits per heavy atom. The molecule has 1 amide bonds. The maximum absolute atomic E-state index is 13.8. The Bertz CT molecular complexity index is 2360. The number of nitrogens with zero attached hydrogens (tertiary/aromatic N) is 5. The predicted molar refractivity (Wildman–Crippen MR) is 187 cm³/mol. The molecule has 9 nitrogen and oxygen atoms in total. The van der Waals surface area contributed by atoms with Crippen LogP contribution in [0.15, 0.2) is 59.1 Å². The summed E-state index contributed by atoms with van der Waals surface area (Å²) in [7, 11) is 1.29. The van der Waals surface area contributed by atoms with Gasteiger partial charge in [0.25, 0.3) is 11.8 Å². The van der Waals surface area contributed by atoms with E-state index in [9.17, 15) is 22.4 Å². The molecule has 2 N–H and O–H groups in total. The van der Waals surface area contributed by atoms with Crippen molar-refractivity contribution in [3.05, 3.63) is 106 Å². The van der Waals surface area contributed by atoms with Gasteiger partial charge in [-0.2, -0.15) is 0 Å². The van der Waals surface area contributed by atoms with Gasteiger partial charge in [-0.15, -0.1) is 21.5 Å². The third kappa shape index (κ3) is 5.94. The molecule has 52 heavy (non-hydrogen) atoms. The number of nitrogens with two attached hydrogens (primary N) is 1. The molecule has 3 aliphatic rings. The first kappa shape index (κ1) is 33.8. The van der Waals surface area contributed by atoms with Gasteiger partial charge < -0.3 is 19.8 Å².